The maximum atomic E-state index is 11.6. The lowest BCUT2D eigenvalue weighted by Gasteiger charge is -2.19. The first-order chi connectivity index (χ1) is 7.49. The van der Waals surface area contributed by atoms with Gasteiger partial charge in [0.1, 0.15) is 6.61 Å². The average Bonchev–Trinajstić information content (AvgIpc) is 2.67. The molecule has 94 valence electrons. The van der Waals surface area contributed by atoms with Gasteiger partial charge >= 0.3 is 0 Å². The van der Waals surface area contributed by atoms with Crippen LogP contribution in [-0.4, -0.2) is 49.3 Å². The first kappa shape index (κ1) is 13.5. The van der Waals surface area contributed by atoms with E-state index < -0.39 is 0 Å². The van der Waals surface area contributed by atoms with Crippen molar-refractivity contribution >= 4 is 5.91 Å². The van der Waals surface area contributed by atoms with Crippen LogP contribution in [0, 0.1) is 0 Å². The fraction of sp³-hybridized carbons (Fsp3) is 0.917. The van der Waals surface area contributed by atoms with Crippen LogP contribution in [-0.2, 0) is 14.3 Å². The van der Waals surface area contributed by atoms with Crippen molar-refractivity contribution in [3.63, 3.8) is 0 Å². The van der Waals surface area contributed by atoms with E-state index >= 15 is 0 Å². The number of rotatable bonds is 5. The molecule has 1 heterocycles. The third kappa shape index (κ3) is 5.47. The number of carbonyl (C=O) groups is 1. The lowest BCUT2D eigenvalue weighted by Crippen LogP contribution is -2.32. The summed E-state index contributed by atoms with van der Waals surface area (Å²) in [5.41, 5.74) is -0.137. The van der Waals surface area contributed by atoms with Gasteiger partial charge in [-0.1, -0.05) is 0 Å². The molecule has 0 saturated carbocycles. The first-order valence-corrected chi connectivity index (χ1v) is 5.98. The van der Waals surface area contributed by atoms with Gasteiger partial charge in [-0.05, 0) is 33.6 Å². The van der Waals surface area contributed by atoms with Crippen LogP contribution < -0.4 is 0 Å². The summed E-state index contributed by atoms with van der Waals surface area (Å²) in [4.78, 5) is 13.4. The van der Waals surface area contributed by atoms with E-state index in [1.54, 1.807) is 0 Å². The van der Waals surface area contributed by atoms with Crippen molar-refractivity contribution in [3.8, 4) is 0 Å². The minimum absolute atomic E-state index is 0.105. The number of amides is 1. The Morgan fingerprint density at radius 2 is 1.81 bits per heavy atom. The number of hydrogen-bond acceptors (Lipinski definition) is 3. The quantitative estimate of drug-likeness (QED) is 0.670. The summed E-state index contributed by atoms with van der Waals surface area (Å²) in [5.74, 6) is 0.105. The van der Waals surface area contributed by atoms with Gasteiger partial charge in [0, 0.05) is 13.1 Å². The molecule has 4 nitrogen and oxygen atoms in total. The van der Waals surface area contributed by atoms with E-state index in [1.807, 2.05) is 25.7 Å². The molecule has 0 spiro atoms. The predicted octanol–water partition coefficient (Wildman–Crippen LogP) is 1.44. The number of ether oxygens (including phenoxy) is 2. The number of nitrogens with zero attached hydrogens (tertiary/aromatic N) is 1. The fourth-order valence-corrected chi connectivity index (χ4v) is 1.62. The average molecular weight is 229 g/mol. The number of likely N-dealkylation sites (tertiary alicyclic amines) is 1. The molecule has 0 atom stereocenters. The highest BCUT2D eigenvalue weighted by Gasteiger charge is 2.17. The van der Waals surface area contributed by atoms with E-state index in [1.165, 1.54) is 0 Å². The Labute approximate surface area is 97.9 Å². The predicted molar refractivity (Wildman–Crippen MR) is 62.3 cm³/mol. The van der Waals surface area contributed by atoms with E-state index in [9.17, 15) is 4.79 Å². The van der Waals surface area contributed by atoms with Crippen LogP contribution in [0.3, 0.4) is 0 Å². The molecule has 0 aromatic heterocycles. The number of carbonyl (C=O) groups excluding carboxylic acids is 1. The molecule has 0 aliphatic carbocycles. The molecule has 1 saturated heterocycles. The van der Waals surface area contributed by atoms with E-state index in [0.717, 1.165) is 25.9 Å². The van der Waals surface area contributed by atoms with Gasteiger partial charge < -0.3 is 14.4 Å². The zero-order valence-corrected chi connectivity index (χ0v) is 10.6. The Morgan fingerprint density at radius 1 is 1.19 bits per heavy atom. The topological polar surface area (TPSA) is 38.8 Å². The van der Waals surface area contributed by atoms with Gasteiger partial charge in [-0.25, -0.2) is 0 Å². The molecular weight excluding hydrogens is 206 g/mol. The van der Waals surface area contributed by atoms with Crippen molar-refractivity contribution in [2.24, 2.45) is 0 Å². The van der Waals surface area contributed by atoms with Crippen molar-refractivity contribution in [1.82, 2.24) is 4.90 Å². The van der Waals surface area contributed by atoms with E-state index in [-0.39, 0.29) is 18.1 Å². The van der Waals surface area contributed by atoms with Crippen LogP contribution in [0.2, 0.25) is 0 Å². The monoisotopic (exact) mass is 229 g/mol. The van der Waals surface area contributed by atoms with Crippen molar-refractivity contribution in [2.45, 2.75) is 39.2 Å². The van der Waals surface area contributed by atoms with Crippen molar-refractivity contribution in [1.29, 1.82) is 0 Å². The van der Waals surface area contributed by atoms with E-state index in [4.69, 9.17) is 9.47 Å². The minimum Gasteiger partial charge on any atom is -0.373 e. The standard InChI is InChI=1S/C12H23NO3/c1-12(2,3)16-9-8-15-10-11(14)13-6-4-5-7-13/h4-10H2,1-3H3. The summed E-state index contributed by atoms with van der Waals surface area (Å²) in [6.07, 6.45) is 2.25. The van der Waals surface area contributed by atoms with Gasteiger partial charge in [0.15, 0.2) is 0 Å². The Bertz CT molecular complexity index is 217. The first-order valence-electron chi connectivity index (χ1n) is 5.98. The SMILES string of the molecule is CC(C)(C)OCCOCC(=O)N1CCCC1. The van der Waals surface area contributed by atoms with E-state index in [2.05, 4.69) is 0 Å². The van der Waals surface area contributed by atoms with Crippen LogP contribution in [0.5, 0.6) is 0 Å². The summed E-state index contributed by atoms with van der Waals surface area (Å²) in [6, 6.07) is 0. The molecule has 0 aromatic rings. The molecular formula is C12H23NO3. The Morgan fingerprint density at radius 3 is 2.38 bits per heavy atom. The summed E-state index contributed by atoms with van der Waals surface area (Å²) >= 11 is 0. The van der Waals surface area contributed by atoms with Crippen LogP contribution in [0.1, 0.15) is 33.6 Å². The summed E-state index contributed by atoms with van der Waals surface area (Å²) in [6.45, 7) is 9.00. The highest BCUT2D eigenvalue weighted by molar-refractivity contribution is 5.77. The van der Waals surface area contributed by atoms with Gasteiger partial charge in [-0.2, -0.15) is 0 Å². The highest BCUT2D eigenvalue weighted by atomic mass is 16.5. The van der Waals surface area contributed by atoms with Crippen molar-refractivity contribution in [3.05, 3.63) is 0 Å². The number of hydrogen-bond donors (Lipinski definition) is 0. The Hall–Kier alpha value is -0.610. The molecule has 0 unspecified atom stereocenters. The molecule has 0 radical (unpaired) electrons. The molecule has 0 aromatic carbocycles. The molecule has 1 amide bonds. The zero-order chi connectivity index (χ0) is 12.0. The van der Waals surface area contributed by atoms with Crippen molar-refractivity contribution < 1.29 is 14.3 Å². The molecule has 0 bridgehead atoms. The van der Waals surface area contributed by atoms with Gasteiger partial charge in [0.25, 0.3) is 0 Å². The van der Waals surface area contributed by atoms with E-state index in [0.29, 0.717) is 13.2 Å². The maximum absolute atomic E-state index is 11.6. The largest absolute Gasteiger partial charge is 0.373 e. The van der Waals surface area contributed by atoms with Gasteiger partial charge in [0.2, 0.25) is 5.91 Å². The smallest absolute Gasteiger partial charge is 0.248 e. The second-order valence-electron chi connectivity index (χ2n) is 5.10. The molecule has 16 heavy (non-hydrogen) atoms. The highest BCUT2D eigenvalue weighted by Crippen LogP contribution is 2.08. The summed E-state index contributed by atoms with van der Waals surface area (Å²) < 4.78 is 10.8. The molecule has 1 aliphatic rings. The molecule has 0 N–H and O–H groups in total. The summed E-state index contributed by atoms with van der Waals surface area (Å²) in [7, 11) is 0. The fourth-order valence-electron chi connectivity index (χ4n) is 1.62. The second-order valence-corrected chi connectivity index (χ2v) is 5.10. The molecule has 1 rings (SSSR count). The molecule has 1 fully saturated rings. The van der Waals surface area contributed by atoms with Gasteiger partial charge in [-0.15, -0.1) is 0 Å². The van der Waals surface area contributed by atoms with Gasteiger partial charge in [0.05, 0.1) is 18.8 Å². The maximum Gasteiger partial charge on any atom is 0.248 e. The Balaban J connectivity index is 2.00. The van der Waals surface area contributed by atoms with Crippen LogP contribution in [0.25, 0.3) is 0 Å². The Kier molecular flexibility index (Phi) is 5.22. The minimum atomic E-state index is -0.137. The normalized spacial score (nSPS) is 16.8. The molecule has 4 heteroatoms. The van der Waals surface area contributed by atoms with Crippen molar-refractivity contribution in [2.75, 3.05) is 32.9 Å². The van der Waals surface area contributed by atoms with Crippen LogP contribution in [0.4, 0.5) is 0 Å². The molecule has 1 aliphatic heterocycles. The third-order valence-electron chi connectivity index (χ3n) is 2.45. The lowest BCUT2D eigenvalue weighted by atomic mass is 10.2. The second kappa shape index (κ2) is 6.21. The van der Waals surface area contributed by atoms with Crippen LogP contribution in [0.15, 0.2) is 0 Å². The zero-order valence-electron chi connectivity index (χ0n) is 10.6. The van der Waals surface area contributed by atoms with Gasteiger partial charge in [-0.3, -0.25) is 4.79 Å². The summed E-state index contributed by atoms with van der Waals surface area (Å²) in [5, 5.41) is 0. The lowest BCUT2D eigenvalue weighted by molar-refractivity contribution is -0.136. The third-order valence-corrected chi connectivity index (χ3v) is 2.45. The van der Waals surface area contributed by atoms with Crippen LogP contribution >= 0.6 is 0 Å².